The van der Waals surface area contributed by atoms with Crippen molar-refractivity contribution < 1.29 is 5.11 Å². The van der Waals surface area contributed by atoms with Crippen molar-refractivity contribution >= 4 is 34.9 Å². The molecule has 0 spiro atoms. The molecular formula is C18H16N4O2S. The fourth-order valence-electron chi connectivity index (χ4n) is 2.83. The Kier molecular flexibility index (Phi) is 3.85. The van der Waals surface area contributed by atoms with Crippen molar-refractivity contribution in [3.63, 3.8) is 0 Å². The van der Waals surface area contributed by atoms with E-state index in [4.69, 9.17) is 12.2 Å². The number of rotatable bonds is 4. The van der Waals surface area contributed by atoms with Crippen molar-refractivity contribution in [3.05, 3.63) is 63.2 Å². The van der Waals surface area contributed by atoms with Crippen LogP contribution in [0.4, 0.5) is 5.69 Å². The van der Waals surface area contributed by atoms with E-state index in [0.717, 1.165) is 29.3 Å². The van der Waals surface area contributed by atoms with Gasteiger partial charge in [-0.3, -0.25) is 19.8 Å². The Hall–Kier alpha value is -2.93. The van der Waals surface area contributed by atoms with Crippen molar-refractivity contribution in [3.8, 4) is 5.88 Å². The molecule has 0 atom stereocenters. The van der Waals surface area contributed by atoms with Crippen LogP contribution in [0, 0.1) is 4.77 Å². The second-order valence-electron chi connectivity index (χ2n) is 5.99. The summed E-state index contributed by atoms with van der Waals surface area (Å²) in [6.07, 6.45) is 3.21. The molecule has 0 aliphatic heterocycles. The first-order chi connectivity index (χ1) is 12.1. The van der Waals surface area contributed by atoms with Crippen LogP contribution < -0.4 is 11.0 Å². The zero-order valence-corrected chi connectivity index (χ0v) is 14.1. The number of H-pyrrole nitrogens is 1. The molecule has 126 valence electrons. The van der Waals surface area contributed by atoms with Gasteiger partial charge in [-0.25, -0.2) is 0 Å². The molecule has 25 heavy (non-hydrogen) atoms. The Bertz CT molecular complexity index is 1090. The summed E-state index contributed by atoms with van der Waals surface area (Å²) in [6, 6.07) is 13.9. The van der Waals surface area contributed by atoms with Crippen LogP contribution >= 0.6 is 12.2 Å². The Balaban J connectivity index is 1.67. The monoisotopic (exact) mass is 352 g/mol. The van der Waals surface area contributed by atoms with Crippen LogP contribution in [0.5, 0.6) is 5.88 Å². The Morgan fingerprint density at radius 3 is 2.80 bits per heavy atom. The van der Waals surface area contributed by atoms with Crippen LogP contribution in [-0.2, 0) is 0 Å². The van der Waals surface area contributed by atoms with Crippen molar-refractivity contribution in [1.82, 2.24) is 9.55 Å². The highest BCUT2D eigenvalue weighted by molar-refractivity contribution is 7.71. The maximum atomic E-state index is 12.1. The number of anilines is 1. The molecular weight excluding hydrogens is 336 g/mol. The molecule has 1 fully saturated rings. The van der Waals surface area contributed by atoms with Crippen molar-refractivity contribution in [1.29, 1.82) is 0 Å². The molecule has 0 radical (unpaired) electrons. The fraction of sp³-hybridized carbons (Fsp3) is 0.167. The quantitative estimate of drug-likeness (QED) is 0.381. The molecule has 1 saturated carbocycles. The third-order valence-corrected chi connectivity index (χ3v) is 4.53. The third-order valence-electron chi connectivity index (χ3n) is 4.23. The number of aromatic hydroxyl groups is 1. The highest BCUT2D eigenvalue weighted by atomic mass is 32.1. The maximum Gasteiger partial charge on any atom is 0.264 e. The summed E-state index contributed by atoms with van der Waals surface area (Å²) in [5, 5.41) is 16.6. The lowest BCUT2D eigenvalue weighted by Gasteiger charge is -2.09. The molecule has 0 amide bonds. The predicted octanol–water partition coefficient (Wildman–Crippen LogP) is 3.55. The van der Waals surface area contributed by atoms with Gasteiger partial charge < -0.3 is 5.11 Å². The molecule has 3 N–H and O–H groups in total. The van der Waals surface area contributed by atoms with Gasteiger partial charge in [-0.15, -0.1) is 0 Å². The van der Waals surface area contributed by atoms with Crippen molar-refractivity contribution in [2.75, 3.05) is 5.43 Å². The number of hydrazone groups is 1. The summed E-state index contributed by atoms with van der Waals surface area (Å²) < 4.78 is 1.82. The number of benzene rings is 2. The normalized spacial score (nSPS) is 14.2. The molecule has 1 aliphatic rings. The summed E-state index contributed by atoms with van der Waals surface area (Å²) in [5.74, 6) is -0.139. The van der Waals surface area contributed by atoms with E-state index >= 15 is 0 Å². The van der Waals surface area contributed by atoms with E-state index in [1.54, 1.807) is 4.57 Å². The summed E-state index contributed by atoms with van der Waals surface area (Å²) in [4.78, 5) is 14.7. The minimum Gasteiger partial charge on any atom is -0.494 e. The van der Waals surface area contributed by atoms with Gasteiger partial charge in [0.1, 0.15) is 5.56 Å². The molecule has 1 aromatic heterocycles. The van der Waals surface area contributed by atoms with Crippen molar-refractivity contribution in [2.24, 2.45) is 5.10 Å². The van der Waals surface area contributed by atoms with Gasteiger partial charge in [-0.2, -0.15) is 5.10 Å². The van der Waals surface area contributed by atoms with E-state index in [1.807, 2.05) is 42.5 Å². The summed E-state index contributed by atoms with van der Waals surface area (Å²) in [5.41, 5.74) is 3.39. The lowest BCUT2D eigenvalue weighted by Crippen LogP contribution is -2.18. The molecule has 0 bridgehead atoms. The zero-order chi connectivity index (χ0) is 17.4. The molecule has 1 aliphatic carbocycles. The molecule has 3 aromatic rings. The van der Waals surface area contributed by atoms with Gasteiger partial charge in [-0.1, -0.05) is 36.4 Å². The SMILES string of the molecule is O=c1[nH]c(=S)n(C2CC2)c(O)c1/C=N\Nc1cccc2ccccc12. The van der Waals surface area contributed by atoms with Gasteiger partial charge in [0.25, 0.3) is 5.56 Å². The zero-order valence-electron chi connectivity index (χ0n) is 13.3. The molecule has 7 heteroatoms. The second-order valence-corrected chi connectivity index (χ2v) is 6.38. The van der Waals surface area contributed by atoms with Gasteiger partial charge in [0, 0.05) is 11.4 Å². The molecule has 2 aromatic carbocycles. The summed E-state index contributed by atoms with van der Waals surface area (Å²) >= 11 is 5.13. The van der Waals surface area contributed by atoms with Crippen molar-refractivity contribution in [2.45, 2.75) is 18.9 Å². The van der Waals surface area contributed by atoms with E-state index in [0.29, 0.717) is 0 Å². The molecule has 0 unspecified atom stereocenters. The molecule has 1 heterocycles. The van der Waals surface area contributed by atoms with Crippen LogP contribution in [0.3, 0.4) is 0 Å². The van der Waals surface area contributed by atoms with Gasteiger partial charge in [-0.05, 0) is 36.5 Å². The number of hydrogen-bond donors (Lipinski definition) is 3. The Morgan fingerprint density at radius 1 is 1.24 bits per heavy atom. The van der Waals surface area contributed by atoms with Crippen LogP contribution in [0.25, 0.3) is 10.8 Å². The maximum absolute atomic E-state index is 12.1. The number of nitrogens with zero attached hydrogens (tertiary/aromatic N) is 2. The standard InChI is InChI=1S/C18H16N4O2S/c23-16-14(17(24)22(12-8-9-12)18(25)20-16)10-19-21-15-7-3-5-11-4-1-2-6-13(11)15/h1-7,10,12,21,24H,8-9H2,(H,20,23,25)/b19-10-. The average Bonchev–Trinajstić information content (AvgIpc) is 3.42. The first kappa shape index (κ1) is 15.6. The Labute approximate surface area is 148 Å². The van der Waals surface area contributed by atoms with E-state index in [-0.39, 0.29) is 22.3 Å². The minimum absolute atomic E-state index is 0.0910. The molecule has 6 nitrogen and oxygen atoms in total. The first-order valence-electron chi connectivity index (χ1n) is 8.00. The Morgan fingerprint density at radius 2 is 2.00 bits per heavy atom. The predicted molar refractivity (Wildman–Crippen MR) is 101 cm³/mol. The number of aromatic nitrogens is 2. The van der Waals surface area contributed by atoms with Crippen LogP contribution in [0.15, 0.2) is 52.4 Å². The van der Waals surface area contributed by atoms with Crippen LogP contribution in [-0.4, -0.2) is 20.9 Å². The highest BCUT2D eigenvalue weighted by Crippen LogP contribution is 2.37. The van der Waals surface area contributed by atoms with E-state index in [9.17, 15) is 9.90 Å². The van der Waals surface area contributed by atoms with Crippen LogP contribution in [0.1, 0.15) is 24.4 Å². The number of fused-ring (bicyclic) bond motifs is 1. The number of hydrogen-bond acceptors (Lipinski definition) is 5. The van der Waals surface area contributed by atoms with Crippen LogP contribution in [0.2, 0.25) is 0 Å². The van der Waals surface area contributed by atoms with E-state index in [1.165, 1.54) is 6.21 Å². The average molecular weight is 352 g/mol. The minimum atomic E-state index is -0.456. The van der Waals surface area contributed by atoms with Gasteiger partial charge in [0.2, 0.25) is 5.88 Å². The van der Waals surface area contributed by atoms with E-state index in [2.05, 4.69) is 15.5 Å². The van der Waals surface area contributed by atoms with Gasteiger partial charge >= 0.3 is 0 Å². The smallest absolute Gasteiger partial charge is 0.264 e. The third kappa shape index (κ3) is 2.94. The lowest BCUT2D eigenvalue weighted by atomic mass is 10.1. The number of aromatic amines is 1. The second kappa shape index (κ2) is 6.18. The van der Waals surface area contributed by atoms with E-state index < -0.39 is 5.56 Å². The fourth-order valence-corrected chi connectivity index (χ4v) is 3.16. The molecule has 4 rings (SSSR count). The summed E-state index contributed by atoms with van der Waals surface area (Å²) in [6.45, 7) is 0. The first-order valence-corrected chi connectivity index (χ1v) is 8.40. The largest absolute Gasteiger partial charge is 0.494 e. The van der Waals surface area contributed by atoms with Gasteiger partial charge in [0.15, 0.2) is 4.77 Å². The number of nitrogens with one attached hydrogen (secondary N) is 2. The van der Waals surface area contributed by atoms with Gasteiger partial charge in [0.05, 0.1) is 11.9 Å². The highest BCUT2D eigenvalue weighted by Gasteiger charge is 2.27. The topological polar surface area (TPSA) is 82.4 Å². The summed E-state index contributed by atoms with van der Waals surface area (Å²) in [7, 11) is 0. The lowest BCUT2D eigenvalue weighted by molar-refractivity contribution is 0.405. The molecule has 0 saturated heterocycles.